The number of furan rings is 1. The number of rotatable bonds is 4. The average Bonchev–Trinajstić information content (AvgIpc) is 2.92. The number of nitrogens with zero attached hydrogens (tertiary/aromatic N) is 1. The Balaban J connectivity index is 2.37. The zero-order valence-corrected chi connectivity index (χ0v) is 11.2. The summed E-state index contributed by atoms with van der Waals surface area (Å²) in [6, 6.07) is 7.10. The van der Waals surface area contributed by atoms with Gasteiger partial charge in [0, 0.05) is 5.56 Å². The van der Waals surface area contributed by atoms with Crippen molar-refractivity contribution in [2.45, 2.75) is 10.8 Å². The molecule has 1 N–H and O–H groups in total. The van der Waals surface area contributed by atoms with Crippen LogP contribution in [0.1, 0.15) is 21.7 Å². The van der Waals surface area contributed by atoms with Crippen molar-refractivity contribution >= 4 is 15.8 Å². The quantitative estimate of drug-likeness (QED) is 0.924. The molecular weight excluding hydrogens is 301 g/mol. The van der Waals surface area contributed by atoms with Crippen molar-refractivity contribution < 1.29 is 27.1 Å². The van der Waals surface area contributed by atoms with E-state index in [0.29, 0.717) is 0 Å². The van der Waals surface area contributed by atoms with E-state index in [1.807, 2.05) is 0 Å². The third kappa shape index (κ3) is 3.09. The second-order valence-corrected chi connectivity index (χ2v) is 6.02. The van der Waals surface area contributed by atoms with E-state index in [0.717, 1.165) is 24.3 Å². The summed E-state index contributed by atoms with van der Waals surface area (Å²) >= 11 is 0. The molecule has 0 spiro atoms. The lowest BCUT2D eigenvalue weighted by molar-refractivity contribution is 0.0656. The first-order chi connectivity index (χ1) is 9.83. The molecule has 2 aromatic rings. The van der Waals surface area contributed by atoms with Crippen LogP contribution in [0.2, 0.25) is 0 Å². The van der Waals surface area contributed by atoms with Crippen LogP contribution in [-0.2, 0) is 15.6 Å². The van der Waals surface area contributed by atoms with Gasteiger partial charge in [0.25, 0.3) is 0 Å². The highest BCUT2D eigenvalue weighted by molar-refractivity contribution is 7.90. The molecule has 108 valence electrons. The Labute approximate surface area is 119 Å². The summed E-state index contributed by atoms with van der Waals surface area (Å²) in [6.45, 7) is 0. The normalized spacial score (nSPS) is 11.0. The number of halogens is 1. The molecule has 1 heterocycles. The lowest BCUT2D eigenvalue weighted by Crippen LogP contribution is -2.06. The van der Waals surface area contributed by atoms with Gasteiger partial charge >= 0.3 is 5.97 Å². The molecule has 6 nitrogen and oxygen atoms in total. The van der Waals surface area contributed by atoms with Crippen LogP contribution in [-0.4, -0.2) is 19.5 Å². The van der Waals surface area contributed by atoms with Crippen molar-refractivity contribution in [1.29, 1.82) is 5.26 Å². The number of carbonyl (C=O) groups is 1. The van der Waals surface area contributed by atoms with Gasteiger partial charge in [0.1, 0.15) is 5.82 Å². The molecule has 21 heavy (non-hydrogen) atoms. The maximum absolute atomic E-state index is 13.6. The summed E-state index contributed by atoms with van der Waals surface area (Å²) in [5.74, 6) is -3.45. The number of carboxylic acid groups (broad SMARTS) is 1. The van der Waals surface area contributed by atoms with Gasteiger partial charge < -0.3 is 9.52 Å². The van der Waals surface area contributed by atoms with Crippen molar-refractivity contribution in [2.75, 3.05) is 0 Å². The third-order valence-corrected chi connectivity index (χ3v) is 4.14. The van der Waals surface area contributed by atoms with E-state index >= 15 is 0 Å². The predicted molar refractivity (Wildman–Crippen MR) is 67.7 cm³/mol. The molecule has 0 amide bonds. The fraction of sp³-hybridized carbons (Fsp3) is 0.0769. The fourth-order valence-electron chi connectivity index (χ4n) is 1.63. The van der Waals surface area contributed by atoms with Gasteiger partial charge in [-0.15, -0.1) is 0 Å². The molecule has 0 saturated carbocycles. The Morgan fingerprint density at radius 2 is 2.05 bits per heavy atom. The molecule has 0 aliphatic rings. The highest BCUT2D eigenvalue weighted by atomic mass is 32.2. The van der Waals surface area contributed by atoms with Crippen molar-refractivity contribution in [3.05, 3.63) is 53.0 Å². The van der Waals surface area contributed by atoms with Crippen molar-refractivity contribution in [3.63, 3.8) is 0 Å². The highest BCUT2D eigenvalue weighted by Crippen LogP contribution is 2.21. The molecule has 0 radical (unpaired) electrons. The fourth-order valence-corrected chi connectivity index (χ4v) is 2.90. The molecule has 0 unspecified atom stereocenters. The van der Waals surface area contributed by atoms with E-state index in [2.05, 4.69) is 0 Å². The second-order valence-electron chi connectivity index (χ2n) is 4.10. The van der Waals surface area contributed by atoms with E-state index in [4.69, 9.17) is 14.8 Å². The van der Waals surface area contributed by atoms with E-state index in [1.165, 1.54) is 6.07 Å². The first kappa shape index (κ1) is 14.7. The van der Waals surface area contributed by atoms with Gasteiger partial charge in [0.15, 0.2) is 0 Å². The minimum atomic E-state index is -4.05. The molecule has 0 bridgehead atoms. The summed E-state index contributed by atoms with van der Waals surface area (Å²) < 4.78 is 42.4. The monoisotopic (exact) mass is 309 g/mol. The van der Waals surface area contributed by atoms with Crippen LogP contribution >= 0.6 is 0 Å². The van der Waals surface area contributed by atoms with Crippen LogP contribution in [0, 0.1) is 17.1 Å². The van der Waals surface area contributed by atoms with Gasteiger partial charge in [-0.1, -0.05) is 0 Å². The Morgan fingerprint density at radius 1 is 1.33 bits per heavy atom. The number of hydrogen-bond donors (Lipinski definition) is 1. The molecule has 0 atom stereocenters. The number of aromatic carboxylic acids is 1. The number of sulfone groups is 1. The van der Waals surface area contributed by atoms with Gasteiger partial charge in [-0.05, 0) is 30.3 Å². The molecule has 1 aromatic carbocycles. The zero-order valence-electron chi connectivity index (χ0n) is 10.4. The van der Waals surface area contributed by atoms with Crippen LogP contribution < -0.4 is 0 Å². The van der Waals surface area contributed by atoms with Crippen LogP contribution in [0.25, 0.3) is 0 Å². The second kappa shape index (κ2) is 5.38. The number of nitriles is 1. The summed E-state index contributed by atoms with van der Waals surface area (Å²) in [5, 5.41) is 16.8. The van der Waals surface area contributed by atoms with Crippen LogP contribution in [0.5, 0.6) is 0 Å². The van der Waals surface area contributed by atoms with Gasteiger partial charge in [-0.2, -0.15) is 5.26 Å². The molecule has 0 saturated heterocycles. The summed E-state index contributed by atoms with van der Waals surface area (Å²) in [4.78, 5) is 10.7. The summed E-state index contributed by atoms with van der Waals surface area (Å²) in [6.07, 6.45) is 0. The Bertz CT molecular complexity index is 848. The largest absolute Gasteiger partial charge is 0.475 e. The molecule has 2 rings (SSSR count). The van der Waals surface area contributed by atoms with Gasteiger partial charge in [-0.25, -0.2) is 17.6 Å². The zero-order chi connectivity index (χ0) is 15.6. The maximum Gasteiger partial charge on any atom is 0.371 e. The van der Waals surface area contributed by atoms with E-state index in [-0.39, 0.29) is 11.1 Å². The Morgan fingerprint density at radius 3 is 2.62 bits per heavy atom. The first-order valence-electron chi connectivity index (χ1n) is 5.58. The standard InChI is InChI=1S/C13H8FNO5S/c14-10-2-1-8(6-15)5-9(10)7-21(18,19)12-4-3-11(20-12)13(16)17/h1-5H,7H2,(H,16,17). The Kier molecular flexibility index (Phi) is 3.78. The average molecular weight is 309 g/mol. The van der Waals surface area contributed by atoms with E-state index in [1.54, 1.807) is 6.07 Å². The smallest absolute Gasteiger partial charge is 0.371 e. The van der Waals surface area contributed by atoms with E-state index in [9.17, 15) is 17.6 Å². The predicted octanol–water partition coefficient (Wildman–Crippen LogP) is 1.96. The van der Waals surface area contributed by atoms with Crippen molar-refractivity contribution in [2.24, 2.45) is 0 Å². The van der Waals surface area contributed by atoms with Gasteiger partial charge in [0.05, 0.1) is 17.4 Å². The van der Waals surface area contributed by atoms with Crippen LogP contribution in [0.15, 0.2) is 39.8 Å². The minimum Gasteiger partial charge on any atom is -0.475 e. The van der Waals surface area contributed by atoms with Gasteiger partial charge in [-0.3, -0.25) is 0 Å². The molecule has 0 fully saturated rings. The van der Waals surface area contributed by atoms with Gasteiger partial charge in [0.2, 0.25) is 20.7 Å². The lowest BCUT2D eigenvalue weighted by Gasteiger charge is -2.03. The molecule has 0 aliphatic carbocycles. The number of benzene rings is 1. The topological polar surface area (TPSA) is 108 Å². The SMILES string of the molecule is N#Cc1ccc(F)c(CS(=O)(=O)c2ccc(C(=O)O)o2)c1. The summed E-state index contributed by atoms with van der Waals surface area (Å²) in [7, 11) is -4.05. The van der Waals surface area contributed by atoms with Crippen LogP contribution in [0.3, 0.4) is 0 Å². The lowest BCUT2D eigenvalue weighted by atomic mass is 10.1. The number of hydrogen-bond acceptors (Lipinski definition) is 5. The minimum absolute atomic E-state index is 0.118. The first-order valence-corrected chi connectivity index (χ1v) is 7.23. The maximum atomic E-state index is 13.6. The molecule has 8 heteroatoms. The van der Waals surface area contributed by atoms with E-state index < -0.39 is 38.2 Å². The molecular formula is C13H8FNO5S. The van der Waals surface area contributed by atoms with Crippen molar-refractivity contribution in [3.8, 4) is 6.07 Å². The molecule has 1 aromatic heterocycles. The molecule has 0 aliphatic heterocycles. The van der Waals surface area contributed by atoms with Crippen molar-refractivity contribution in [1.82, 2.24) is 0 Å². The third-order valence-electron chi connectivity index (χ3n) is 2.62. The summed E-state index contributed by atoms with van der Waals surface area (Å²) in [5.41, 5.74) is -0.0744. The Hall–Kier alpha value is -2.66. The highest BCUT2D eigenvalue weighted by Gasteiger charge is 2.23. The van der Waals surface area contributed by atoms with Crippen LogP contribution in [0.4, 0.5) is 4.39 Å². The number of carboxylic acids is 1.